The van der Waals surface area contributed by atoms with Crippen molar-refractivity contribution in [2.75, 3.05) is 5.32 Å². The zero-order chi connectivity index (χ0) is 21.2. The molecule has 3 heterocycles. The third-order valence-electron chi connectivity index (χ3n) is 5.46. The van der Waals surface area contributed by atoms with Crippen molar-refractivity contribution >= 4 is 28.3 Å². The molecule has 0 saturated heterocycles. The summed E-state index contributed by atoms with van der Waals surface area (Å²) in [5, 5.41) is 10.2. The Morgan fingerprint density at radius 2 is 2.06 bits per heavy atom. The average Bonchev–Trinajstić information content (AvgIpc) is 3.39. The number of carbonyl (C=O) groups excluding carboxylic acids is 1. The Kier molecular flexibility index (Phi) is 4.87. The average molecular weight is 413 g/mol. The Balaban J connectivity index is 1.45. The number of nitrogens with zero attached hydrogens (tertiary/aromatic N) is 3. The van der Waals surface area contributed by atoms with E-state index in [9.17, 15) is 9.70 Å². The Hall–Kier alpha value is -4.07. The quantitative estimate of drug-likeness (QED) is 0.445. The minimum absolute atomic E-state index is 0.180. The molecular formula is C23H19N5O3. The van der Waals surface area contributed by atoms with Crippen molar-refractivity contribution in [2.24, 2.45) is 5.18 Å². The van der Waals surface area contributed by atoms with Crippen LogP contribution in [0.25, 0.3) is 11.0 Å². The van der Waals surface area contributed by atoms with E-state index in [0.29, 0.717) is 17.8 Å². The molecule has 4 aromatic rings. The van der Waals surface area contributed by atoms with Crippen LogP contribution in [0.3, 0.4) is 0 Å². The summed E-state index contributed by atoms with van der Waals surface area (Å²) in [5.41, 5.74) is 4.85. The van der Waals surface area contributed by atoms with Gasteiger partial charge < -0.3 is 15.1 Å². The summed E-state index contributed by atoms with van der Waals surface area (Å²) in [5.74, 6) is -0.159. The monoisotopic (exact) mass is 413 g/mol. The number of nitroso groups, excluding NO2 is 1. The smallest absolute Gasteiger partial charge is 0.289 e. The highest BCUT2D eigenvalue weighted by molar-refractivity contribution is 6.07. The van der Waals surface area contributed by atoms with Crippen molar-refractivity contribution in [1.29, 1.82) is 0 Å². The second-order valence-corrected chi connectivity index (χ2v) is 7.42. The van der Waals surface area contributed by atoms with E-state index in [1.54, 1.807) is 30.9 Å². The molecule has 1 aromatic carbocycles. The van der Waals surface area contributed by atoms with Crippen molar-refractivity contribution < 1.29 is 9.21 Å². The number of fused-ring (bicyclic) bond motifs is 2. The third-order valence-corrected chi connectivity index (χ3v) is 5.46. The molecule has 31 heavy (non-hydrogen) atoms. The van der Waals surface area contributed by atoms with Gasteiger partial charge in [0.05, 0.1) is 11.9 Å². The predicted octanol–water partition coefficient (Wildman–Crippen LogP) is 4.65. The molecule has 154 valence electrons. The standard InChI is InChI=1S/C23H19N5O3/c29-23(26-12-14-2-1-8-24-11-14)22-21(18-7-9-25-13-20(18)31-22)27-16-4-5-17-15(10-16)3-6-19(17)28-30/h1-2,4-5,7-11,13,19,27H,3,6,12H2,(H,26,29). The summed E-state index contributed by atoms with van der Waals surface area (Å²) in [6, 6.07) is 11.0. The number of aryl methyl sites for hydroxylation is 1. The lowest BCUT2D eigenvalue weighted by Crippen LogP contribution is -2.23. The van der Waals surface area contributed by atoms with Gasteiger partial charge in [-0.2, -0.15) is 4.91 Å². The number of hydrogen-bond donors (Lipinski definition) is 2. The van der Waals surface area contributed by atoms with Crippen molar-refractivity contribution in [3.8, 4) is 0 Å². The third kappa shape index (κ3) is 3.63. The van der Waals surface area contributed by atoms with Gasteiger partial charge in [-0.15, -0.1) is 0 Å². The lowest BCUT2D eigenvalue weighted by Gasteiger charge is -2.10. The normalized spacial score (nSPS) is 14.9. The molecule has 0 bridgehead atoms. The minimum Gasteiger partial charge on any atom is -0.447 e. The lowest BCUT2D eigenvalue weighted by molar-refractivity contribution is 0.0926. The Bertz CT molecular complexity index is 1270. The molecule has 8 nitrogen and oxygen atoms in total. The first-order chi connectivity index (χ1) is 15.2. The molecule has 0 saturated carbocycles. The Labute approximate surface area is 177 Å². The van der Waals surface area contributed by atoms with Crippen LogP contribution in [0.1, 0.15) is 39.7 Å². The second kappa shape index (κ2) is 7.98. The fourth-order valence-electron chi connectivity index (χ4n) is 3.93. The largest absolute Gasteiger partial charge is 0.447 e. The SMILES string of the molecule is O=NC1CCc2cc(Nc3c(C(=O)NCc4cccnc4)oc4cnccc34)ccc21. The minimum atomic E-state index is -0.339. The fraction of sp³-hybridized carbons (Fsp3) is 0.174. The first kappa shape index (κ1) is 18.9. The maximum Gasteiger partial charge on any atom is 0.289 e. The number of benzene rings is 1. The number of furan rings is 1. The second-order valence-electron chi connectivity index (χ2n) is 7.42. The van der Waals surface area contributed by atoms with Crippen molar-refractivity contribution in [3.63, 3.8) is 0 Å². The van der Waals surface area contributed by atoms with E-state index in [-0.39, 0.29) is 17.7 Å². The van der Waals surface area contributed by atoms with Crippen LogP contribution in [0.4, 0.5) is 11.4 Å². The van der Waals surface area contributed by atoms with Gasteiger partial charge in [-0.25, -0.2) is 0 Å². The predicted molar refractivity (Wildman–Crippen MR) is 116 cm³/mol. The van der Waals surface area contributed by atoms with Crippen LogP contribution in [0.15, 0.2) is 70.8 Å². The van der Waals surface area contributed by atoms with Gasteiger partial charge in [-0.05, 0) is 53.8 Å². The van der Waals surface area contributed by atoms with E-state index in [0.717, 1.165) is 40.6 Å². The number of anilines is 2. The molecule has 1 aliphatic rings. The summed E-state index contributed by atoms with van der Waals surface area (Å²) < 4.78 is 5.84. The highest BCUT2D eigenvalue weighted by Gasteiger charge is 2.25. The van der Waals surface area contributed by atoms with Crippen molar-refractivity contribution in [1.82, 2.24) is 15.3 Å². The number of pyridine rings is 2. The van der Waals surface area contributed by atoms with E-state index >= 15 is 0 Å². The molecule has 1 amide bonds. The number of nitrogens with one attached hydrogen (secondary N) is 2. The van der Waals surface area contributed by atoms with E-state index in [1.807, 2.05) is 30.3 Å². The van der Waals surface area contributed by atoms with Crippen LogP contribution in [0.5, 0.6) is 0 Å². The highest BCUT2D eigenvalue weighted by Crippen LogP contribution is 2.37. The molecular weight excluding hydrogens is 394 g/mol. The van der Waals surface area contributed by atoms with Crippen LogP contribution in [-0.4, -0.2) is 15.9 Å². The molecule has 1 unspecified atom stereocenters. The number of aromatic nitrogens is 2. The first-order valence-corrected chi connectivity index (χ1v) is 9.99. The highest BCUT2D eigenvalue weighted by atomic mass is 16.3. The number of carbonyl (C=O) groups is 1. The van der Waals surface area contributed by atoms with Crippen LogP contribution in [-0.2, 0) is 13.0 Å². The van der Waals surface area contributed by atoms with Gasteiger partial charge in [-0.3, -0.25) is 14.8 Å². The Morgan fingerprint density at radius 1 is 1.16 bits per heavy atom. The van der Waals surface area contributed by atoms with Crippen LogP contribution >= 0.6 is 0 Å². The number of rotatable bonds is 6. The molecule has 0 spiro atoms. The molecule has 2 N–H and O–H groups in total. The van der Waals surface area contributed by atoms with Crippen LogP contribution < -0.4 is 10.6 Å². The van der Waals surface area contributed by atoms with Gasteiger partial charge in [0.1, 0.15) is 6.04 Å². The summed E-state index contributed by atoms with van der Waals surface area (Å²) in [6.07, 6.45) is 8.16. The van der Waals surface area contributed by atoms with Crippen LogP contribution in [0.2, 0.25) is 0 Å². The van der Waals surface area contributed by atoms with Gasteiger partial charge in [0.2, 0.25) is 5.76 Å². The van der Waals surface area contributed by atoms with E-state index in [4.69, 9.17) is 4.42 Å². The van der Waals surface area contributed by atoms with Gasteiger partial charge in [0, 0.05) is 36.2 Å². The molecule has 8 heteroatoms. The molecule has 3 aromatic heterocycles. The lowest BCUT2D eigenvalue weighted by atomic mass is 10.1. The van der Waals surface area contributed by atoms with E-state index in [2.05, 4.69) is 25.8 Å². The van der Waals surface area contributed by atoms with E-state index < -0.39 is 0 Å². The molecule has 0 fully saturated rings. The van der Waals surface area contributed by atoms with Gasteiger partial charge in [-0.1, -0.05) is 17.3 Å². The summed E-state index contributed by atoms with van der Waals surface area (Å²) in [7, 11) is 0. The summed E-state index contributed by atoms with van der Waals surface area (Å²) in [6.45, 7) is 0.334. The van der Waals surface area contributed by atoms with Crippen molar-refractivity contribution in [3.05, 3.63) is 88.5 Å². The summed E-state index contributed by atoms with van der Waals surface area (Å²) >= 11 is 0. The first-order valence-electron chi connectivity index (χ1n) is 9.99. The zero-order valence-electron chi connectivity index (χ0n) is 16.5. The van der Waals surface area contributed by atoms with Gasteiger partial charge >= 0.3 is 0 Å². The van der Waals surface area contributed by atoms with Gasteiger partial charge in [0.15, 0.2) is 5.58 Å². The maximum atomic E-state index is 12.9. The summed E-state index contributed by atoms with van der Waals surface area (Å²) in [4.78, 5) is 32.1. The Morgan fingerprint density at radius 3 is 2.90 bits per heavy atom. The molecule has 1 aliphatic carbocycles. The maximum absolute atomic E-state index is 12.9. The van der Waals surface area contributed by atoms with Gasteiger partial charge in [0.25, 0.3) is 5.91 Å². The van der Waals surface area contributed by atoms with Crippen LogP contribution in [0, 0.1) is 4.91 Å². The molecule has 0 radical (unpaired) electrons. The molecule has 1 atom stereocenters. The topological polar surface area (TPSA) is 109 Å². The zero-order valence-corrected chi connectivity index (χ0v) is 16.5. The van der Waals surface area contributed by atoms with Crippen molar-refractivity contribution in [2.45, 2.75) is 25.4 Å². The molecule has 0 aliphatic heterocycles. The fourth-order valence-corrected chi connectivity index (χ4v) is 3.93. The molecule has 5 rings (SSSR count). The number of hydrogen-bond acceptors (Lipinski definition) is 7. The van der Waals surface area contributed by atoms with E-state index in [1.165, 1.54) is 0 Å². The number of amides is 1.